The molecule has 1 saturated heterocycles. The summed E-state index contributed by atoms with van der Waals surface area (Å²) in [5.74, 6) is -2.78. The van der Waals surface area contributed by atoms with Crippen LogP contribution in [-0.4, -0.2) is 47.3 Å². The molecule has 5 rings (SSSR count). The van der Waals surface area contributed by atoms with Crippen LogP contribution in [-0.2, 0) is 25.6 Å². The Morgan fingerprint density at radius 1 is 1.12 bits per heavy atom. The van der Waals surface area contributed by atoms with Gasteiger partial charge in [-0.25, -0.2) is 4.39 Å². The molecule has 3 aromatic carbocycles. The van der Waals surface area contributed by atoms with Crippen molar-refractivity contribution >= 4 is 35.1 Å². The summed E-state index contributed by atoms with van der Waals surface area (Å²) in [5, 5.41) is 22.4. The summed E-state index contributed by atoms with van der Waals surface area (Å²) in [6, 6.07) is 14.5. The Balaban J connectivity index is 1.75. The number of hydrogen-bond donors (Lipinski definition) is 2. The van der Waals surface area contributed by atoms with Gasteiger partial charge < -0.3 is 19.7 Å². The van der Waals surface area contributed by atoms with E-state index in [9.17, 15) is 19.8 Å². The number of carboxylic acids is 1. The molecular formula is C31H30Cl2FNO6. The van der Waals surface area contributed by atoms with Crippen molar-refractivity contribution < 1.29 is 33.7 Å². The number of aliphatic carboxylic acids is 1. The summed E-state index contributed by atoms with van der Waals surface area (Å²) in [6.45, 7) is 2.57. The van der Waals surface area contributed by atoms with Crippen LogP contribution in [0.3, 0.4) is 0 Å². The van der Waals surface area contributed by atoms with Gasteiger partial charge in [-0.3, -0.25) is 14.5 Å². The number of hydrogen-bond acceptors (Lipinski definition) is 5. The molecule has 0 aromatic heterocycles. The van der Waals surface area contributed by atoms with Crippen LogP contribution in [0.1, 0.15) is 64.8 Å². The Hall–Kier alpha value is -3.01. The van der Waals surface area contributed by atoms with Gasteiger partial charge in [-0.2, -0.15) is 0 Å². The largest absolute Gasteiger partial charge is 0.481 e. The quantitative estimate of drug-likeness (QED) is 0.315. The maximum absolute atomic E-state index is 16.5. The van der Waals surface area contributed by atoms with E-state index in [0.29, 0.717) is 47.2 Å². The number of amides is 1. The highest BCUT2D eigenvalue weighted by Gasteiger charge is 2.57. The summed E-state index contributed by atoms with van der Waals surface area (Å²) < 4.78 is 28.0. The van der Waals surface area contributed by atoms with E-state index in [-0.39, 0.29) is 22.6 Å². The third kappa shape index (κ3) is 5.13. The van der Waals surface area contributed by atoms with Crippen molar-refractivity contribution in [3.63, 3.8) is 0 Å². The van der Waals surface area contributed by atoms with Gasteiger partial charge in [0.25, 0.3) is 5.91 Å². The molecule has 2 aliphatic rings. The molecule has 0 saturated carbocycles. The lowest BCUT2D eigenvalue weighted by atomic mass is 9.77. The zero-order chi connectivity index (χ0) is 29.5. The first-order chi connectivity index (χ1) is 19.5. The monoisotopic (exact) mass is 601 g/mol. The van der Waals surface area contributed by atoms with Gasteiger partial charge >= 0.3 is 5.97 Å². The molecule has 2 heterocycles. The van der Waals surface area contributed by atoms with E-state index in [2.05, 4.69) is 0 Å². The van der Waals surface area contributed by atoms with Crippen molar-refractivity contribution in [2.24, 2.45) is 5.92 Å². The highest BCUT2D eigenvalue weighted by molar-refractivity contribution is 6.30. The normalized spacial score (nSPS) is 21.4. The van der Waals surface area contributed by atoms with Crippen LogP contribution in [0.25, 0.3) is 0 Å². The minimum Gasteiger partial charge on any atom is -0.481 e. The van der Waals surface area contributed by atoms with Crippen molar-refractivity contribution in [2.45, 2.75) is 43.6 Å². The minimum atomic E-state index is -1.84. The third-order valence-corrected chi connectivity index (χ3v) is 8.79. The van der Waals surface area contributed by atoms with Gasteiger partial charge in [0.2, 0.25) is 0 Å². The summed E-state index contributed by atoms with van der Waals surface area (Å²) in [7, 11) is 1.34. The molecular weight excluding hydrogens is 572 g/mol. The fraction of sp³-hybridized carbons (Fsp3) is 0.355. The van der Waals surface area contributed by atoms with Gasteiger partial charge in [-0.05, 0) is 73.2 Å². The van der Waals surface area contributed by atoms with Crippen LogP contribution in [0.4, 0.5) is 4.39 Å². The van der Waals surface area contributed by atoms with Crippen LogP contribution < -0.4 is 0 Å². The van der Waals surface area contributed by atoms with E-state index >= 15 is 4.39 Å². The lowest BCUT2D eigenvalue weighted by Crippen LogP contribution is -2.49. The number of aliphatic hydroxyl groups is 1. The molecule has 0 spiro atoms. The maximum Gasteiger partial charge on any atom is 0.305 e. The van der Waals surface area contributed by atoms with Gasteiger partial charge in [-0.1, -0.05) is 47.5 Å². The van der Waals surface area contributed by atoms with Gasteiger partial charge in [0.15, 0.2) is 5.72 Å². The number of ether oxygens (including phenoxy) is 2. The summed E-state index contributed by atoms with van der Waals surface area (Å²) in [5.41, 5.74) is -2.27. The van der Waals surface area contributed by atoms with Gasteiger partial charge in [-0.15, -0.1) is 0 Å². The predicted octanol–water partition coefficient (Wildman–Crippen LogP) is 6.29. The van der Waals surface area contributed by atoms with E-state index in [0.717, 1.165) is 0 Å². The molecule has 0 bridgehead atoms. The first-order valence-corrected chi connectivity index (χ1v) is 14.0. The molecule has 41 heavy (non-hydrogen) atoms. The molecule has 0 aliphatic carbocycles. The van der Waals surface area contributed by atoms with Crippen LogP contribution in [0.2, 0.25) is 10.0 Å². The van der Waals surface area contributed by atoms with Crippen LogP contribution >= 0.6 is 23.2 Å². The van der Waals surface area contributed by atoms with E-state index in [4.69, 9.17) is 32.7 Å². The number of methoxy groups -OCH3 is 1. The molecule has 10 heteroatoms. The van der Waals surface area contributed by atoms with E-state index < -0.39 is 41.5 Å². The van der Waals surface area contributed by atoms with Crippen LogP contribution in [0.5, 0.6) is 0 Å². The highest BCUT2D eigenvalue weighted by atomic mass is 35.5. The third-order valence-electron chi connectivity index (χ3n) is 8.28. The minimum absolute atomic E-state index is 0.0199. The average Bonchev–Trinajstić information content (AvgIpc) is 3.22. The Bertz CT molecular complexity index is 1460. The lowest BCUT2D eigenvalue weighted by Gasteiger charge is -2.42. The topological polar surface area (TPSA) is 96.3 Å². The number of nitrogens with zero attached hydrogens (tertiary/aromatic N) is 1. The van der Waals surface area contributed by atoms with Gasteiger partial charge in [0.05, 0.1) is 29.2 Å². The number of halogens is 3. The van der Waals surface area contributed by atoms with Crippen LogP contribution in [0.15, 0.2) is 60.7 Å². The highest BCUT2D eigenvalue weighted by Crippen LogP contribution is 2.52. The summed E-state index contributed by atoms with van der Waals surface area (Å²) >= 11 is 12.3. The Morgan fingerprint density at radius 2 is 1.71 bits per heavy atom. The average molecular weight is 602 g/mol. The molecule has 2 aliphatic heterocycles. The van der Waals surface area contributed by atoms with Crippen molar-refractivity contribution in [3.8, 4) is 0 Å². The number of fused-ring (bicyclic) bond motifs is 1. The SMILES string of the molecule is CO[C@]1(c2ccc(Cl)cc2)c2c(F)cc(C(C)(O)C3CCOCC3)cc2C(=O)N1[C@@H](CC(=O)O)c1ccc(Cl)cc1. The van der Waals surface area contributed by atoms with E-state index in [1.807, 2.05) is 0 Å². The molecule has 3 aromatic rings. The number of rotatable bonds is 8. The van der Waals surface area contributed by atoms with Crippen molar-refractivity contribution in [1.82, 2.24) is 4.90 Å². The Morgan fingerprint density at radius 3 is 2.27 bits per heavy atom. The van der Waals surface area contributed by atoms with Gasteiger partial charge in [0, 0.05) is 35.9 Å². The fourth-order valence-corrected chi connectivity index (χ4v) is 6.40. The van der Waals surface area contributed by atoms with E-state index in [1.165, 1.54) is 24.1 Å². The maximum atomic E-state index is 16.5. The van der Waals surface area contributed by atoms with Crippen LogP contribution in [0, 0.1) is 11.7 Å². The fourth-order valence-electron chi connectivity index (χ4n) is 6.15. The summed E-state index contributed by atoms with van der Waals surface area (Å²) in [4.78, 5) is 27.8. The molecule has 3 atom stereocenters. The zero-order valence-electron chi connectivity index (χ0n) is 22.6. The number of carbonyl (C=O) groups excluding carboxylic acids is 1. The molecule has 216 valence electrons. The summed E-state index contributed by atoms with van der Waals surface area (Å²) in [6.07, 6.45) is 0.667. The van der Waals surface area contributed by atoms with Crippen molar-refractivity contribution in [2.75, 3.05) is 20.3 Å². The smallest absolute Gasteiger partial charge is 0.305 e. The molecule has 1 fully saturated rings. The second-order valence-electron chi connectivity index (χ2n) is 10.6. The van der Waals surface area contributed by atoms with Crippen molar-refractivity contribution in [1.29, 1.82) is 0 Å². The first-order valence-electron chi connectivity index (χ1n) is 13.3. The predicted molar refractivity (Wildman–Crippen MR) is 151 cm³/mol. The van der Waals surface area contributed by atoms with Crippen molar-refractivity contribution in [3.05, 3.63) is 104 Å². The first kappa shape index (κ1) is 29.5. The number of carboxylic acid groups (broad SMARTS) is 1. The molecule has 2 N–H and O–H groups in total. The second kappa shape index (κ2) is 11.3. The second-order valence-corrected chi connectivity index (χ2v) is 11.5. The molecule has 0 radical (unpaired) electrons. The number of benzene rings is 3. The van der Waals surface area contributed by atoms with Gasteiger partial charge in [0.1, 0.15) is 5.82 Å². The standard InChI is InChI=1S/C31H30Cl2FNO6/c1-30(39,19-11-13-41-14-12-19)21-15-24-28(25(34)16-21)31(40-2,20-5-9-23(33)10-6-20)35(29(24)38)26(17-27(36)37)18-3-7-22(32)8-4-18/h3-10,15-16,19,26,39H,11-14,17H2,1-2H3,(H,36,37)/t26-,30?,31+/m0/s1. The molecule has 7 nitrogen and oxygen atoms in total. The Kier molecular flexibility index (Phi) is 8.16. The molecule has 1 unspecified atom stereocenters. The zero-order valence-corrected chi connectivity index (χ0v) is 24.1. The number of carbonyl (C=O) groups is 2. The lowest BCUT2D eigenvalue weighted by molar-refractivity contribution is -0.142. The molecule has 1 amide bonds. The van der Waals surface area contributed by atoms with E-state index in [1.54, 1.807) is 55.5 Å². The Labute approximate surface area is 247 Å².